The van der Waals surface area contributed by atoms with Crippen molar-refractivity contribution < 1.29 is 9.53 Å². The van der Waals surface area contributed by atoms with E-state index in [2.05, 4.69) is 29.0 Å². The molecule has 1 unspecified atom stereocenters. The second kappa shape index (κ2) is 8.60. The zero-order chi connectivity index (χ0) is 15.0. The SMILES string of the molecule is CCCNC(C)(CN1CCN(CCC)CC1)C(=O)OC. The summed E-state index contributed by atoms with van der Waals surface area (Å²) in [6, 6.07) is 0. The molecule has 1 heterocycles. The molecular formula is C15H31N3O2. The summed E-state index contributed by atoms with van der Waals surface area (Å²) in [4.78, 5) is 16.9. The Morgan fingerprint density at radius 2 is 1.75 bits per heavy atom. The monoisotopic (exact) mass is 285 g/mol. The van der Waals surface area contributed by atoms with E-state index in [1.54, 1.807) is 0 Å². The van der Waals surface area contributed by atoms with E-state index in [1.165, 1.54) is 20.1 Å². The van der Waals surface area contributed by atoms with Crippen LogP contribution in [0.2, 0.25) is 0 Å². The highest BCUT2D eigenvalue weighted by Crippen LogP contribution is 2.12. The Kier molecular flexibility index (Phi) is 7.48. The highest BCUT2D eigenvalue weighted by molar-refractivity contribution is 5.80. The molecule has 0 radical (unpaired) electrons. The van der Waals surface area contributed by atoms with Gasteiger partial charge >= 0.3 is 5.97 Å². The molecule has 1 N–H and O–H groups in total. The first kappa shape index (κ1) is 17.4. The van der Waals surface area contributed by atoms with Crippen LogP contribution >= 0.6 is 0 Å². The fourth-order valence-corrected chi connectivity index (χ4v) is 2.75. The van der Waals surface area contributed by atoms with Gasteiger partial charge in [0.2, 0.25) is 0 Å². The maximum absolute atomic E-state index is 12.1. The summed E-state index contributed by atoms with van der Waals surface area (Å²) in [6.07, 6.45) is 2.22. The lowest BCUT2D eigenvalue weighted by Crippen LogP contribution is -2.60. The van der Waals surface area contributed by atoms with Crippen LogP contribution in [-0.4, -0.2) is 74.2 Å². The van der Waals surface area contributed by atoms with Gasteiger partial charge < -0.3 is 15.0 Å². The largest absolute Gasteiger partial charge is 0.468 e. The molecule has 1 aliphatic rings. The van der Waals surface area contributed by atoms with Gasteiger partial charge in [0, 0.05) is 32.7 Å². The molecule has 0 aromatic rings. The molecule has 1 rings (SSSR count). The molecule has 5 heteroatoms. The van der Waals surface area contributed by atoms with Crippen molar-refractivity contribution in [3.8, 4) is 0 Å². The van der Waals surface area contributed by atoms with E-state index in [9.17, 15) is 4.79 Å². The first-order chi connectivity index (χ1) is 9.55. The van der Waals surface area contributed by atoms with E-state index < -0.39 is 5.54 Å². The van der Waals surface area contributed by atoms with Crippen LogP contribution in [0.1, 0.15) is 33.6 Å². The lowest BCUT2D eigenvalue weighted by molar-refractivity contribution is -0.149. The first-order valence-electron chi connectivity index (χ1n) is 7.84. The number of methoxy groups -OCH3 is 1. The van der Waals surface area contributed by atoms with Gasteiger partial charge in [-0.15, -0.1) is 0 Å². The normalized spacial score (nSPS) is 20.6. The minimum atomic E-state index is -0.600. The number of rotatable bonds is 8. The number of piperazine rings is 1. The van der Waals surface area contributed by atoms with Gasteiger partial charge in [-0.2, -0.15) is 0 Å². The van der Waals surface area contributed by atoms with Crippen molar-refractivity contribution >= 4 is 5.97 Å². The fourth-order valence-electron chi connectivity index (χ4n) is 2.75. The predicted molar refractivity (Wildman–Crippen MR) is 81.9 cm³/mol. The zero-order valence-electron chi connectivity index (χ0n) is 13.6. The van der Waals surface area contributed by atoms with Crippen LogP contribution in [0.5, 0.6) is 0 Å². The molecule has 118 valence electrons. The van der Waals surface area contributed by atoms with Crippen molar-refractivity contribution in [1.82, 2.24) is 15.1 Å². The number of carbonyl (C=O) groups excluding carboxylic acids is 1. The molecule has 5 nitrogen and oxygen atoms in total. The molecule has 0 saturated carbocycles. The standard InChI is InChI=1S/C15H31N3O2/c1-5-7-16-15(3,14(19)20-4)13-18-11-9-17(8-6-2)10-12-18/h16H,5-13H2,1-4H3. The molecule has 0 spiro atoms. The van der Waals surface area contributed by atoms with Crippen LogP contribution in [0.25, 0.3) is 0 Å². The molecule has 1 saturated heterocycles. The molecule has 1 atom stereocenters. The van der Waals surface area contributed by atoms with Crippen LogP contribution < -0.4 is 5.32 Å². The van der Waals surface area contributed by atoms with Gasteiger partial charge in [-0.25, -0.2) is 0 Å². The number of ether oxygens (including phenoxy) is 1. The Bertz CT molecular complexity index is 291. The van der Waals surface area contributed by atoms with E-state index in [0.717, 1.165) is 45.7 Å². The molecule has 0 amide bonds. The van der Waals surface area contributed by atoms with E-state index in [4.69, 9.17) is 4.74 Å². The minimum absolute atomic E-state index is 0.165. The lowest BCUT2D eigenvalue weighted by atomic mass is 10.0. The number of carbonyl (C=O) groups is 1. The van der Waals surface area contributed by atoms with Crippen LogP contribution in [0.15, 0.2) is 0 Å². The van der Waals surface area contributed by atoms with Gasteiger partial charge in [0.1, 0.15) is 5.54 Å². The Hall–Kier alpha value is -0.650. The van der Waals surface area contributed by atoms with Gasteiger partial charge in [0.15, 0.2) is 0 Å². The van der Waals surface area contributed by atoms with E-state index in [0.29, 0.717) is 0 Å². The van der Waals surface area contributed by atoms with Gasteiger partial charge in [0.25, 0.3) is 0 Å². The van der Waals surface area contributed by atoms with Crippen molar-refractivity contribution in [3.05, 3.63) is 0 Å². The summed E-state index contributed by atoms with van der Waals surface area (Å²) in [7, 11) is 1.47. The topological polar surface area (TPSA) is 44.8 Å². The Balaban J connectivity index is 2.51. The molecule has 1 fully saturated rings. The van der Waals surface area contributed by atoms with Gasteiger partial charge in [-0.1, -0.05) is 13.8 Å². The molecular weight excluding hydrogens is 254 g/mol. The van der Waals surface area contributed by atoms with Gasteiger partial charge in [0.05, 0.1) is 7.11 Å². The molecule has 0 aromatic heterocycles. The third kappa shape index (κ3) is 5.04. The quantitative estimate of drug-likeness (QED) is 0.673. The van der Waals surface area contributed by atoms with Crippen LogP contribution in [0, 0.1) is 0 Å². The molecule has 0 aromatic carbocycles. The Labute approximate surface area is 123 Å². The average molecular weight is 285 g/mol. The van der Waals surface area contributed by atoms with Crippen molar-refractivity contribution in [1.29, 1.82) is 0 Å². The second-order valence-electron chi connectivity index (χ2n) is 5.87. The van der Waals surface area contributed by atoms with Gasteiger partial charge in [-0.3, -0.25) is 9.69 Å². The Morgan fingerprint density at radius 3 is 2.25 bits per heavy atom. The average Bonchev–Trinajstić information content (AvgIpc) is 2.46. The number of nitrogens with zero attached hydrogens (tertiary/aromatic N) is 2. The van der Waals surface area contributed by atoms with Crippen molar-refractivity contribution in [2.75, 3.05) is 52.9 Å². The van der Waals surface area contributed by atoms with Crippen LogP contribution in [0.3, 0.4) is 0 Å². The number of hydrogen-bond donors (Lipinski definition) is 1. The smallest absolute Gasteiger partial charge is 0.327 e. The van der Waals surface area contributed by atoms with Gasteiger partial charge in [-0.05, 0) is 32.9 Å². The summed E-state index contributed by atoms with van der Waals surface area (Å²) in [5.41, 5.74) is -0.600. The highest BCUT2D eigenvalue weighted by atomic mass is 16.5. The van der Waals surface area contributed by atoms with Crippen LogP contribution in [0.4, 0.5) is 0 Å². The zero-order valence-corrected chi connectivity index (χ0v) is 13.6. The van der Waals surface area contributed by atoms with Crippen molar-refractivity contribution in [2.24, 2.45) is 0 Å². The third-order valence-corrected chi connectivity index (χ3v) is 3.95. The molecule has 20 heavy (non-hydrogen) atoms. The van der Waals surface area contributed by atoms with Crippen molar-refractivity contribution in [2.45, 2.75) is 39.2 Å². The first-order valence-corrected chi connectivity index (χ1v) is 7.84. The summed E-state index contributed by atoms with van der Waals surface area (Å²) in [5, 5.41) is 3.35. The van der Waals surface area contributed by atoms with Crippen molar-refractivity contribution in [3.63, 3.8) is 0 Å². The highest BCUT2D eigenvalue weighted by Gasteiger charge is 2.36. The number of nitrogens with one attached hydrogen (secondary N) is 1. The van der Waals surface area contributed by atoms with E-state index in [-0.39, 0.29) is 5.97 Å². The predicted octanol–water partition coefficient (Wildman–Crippen LogP) is 0.945. The molecule has 0 aliphatic carbocycles. The minimum Gasteiger partial charge on any atom is -0.468 e. The third-order valence-electron chi connectivity index (χ3n) is 3.95. The number of hydrogen-bond acceptors (Lipinski definition) is 5. The van der Waals surface area contributed by atoms with E-state index in [1.807, 2.05) is 6.92 Å². The Morgan fingerprint density at radius 1 is 1.15 bits per heavy atom. The van der Waals surface area contributed by atoms with Crippen LogP contribution in [-0.2, 0) is 9.53 Å². The summed E-state index contributed by atoms with van der Waals surface area (Å²) in [6.45, 7) is 13.3. The maximum Gasteiger partial charge on any atom is 0.327 e. The van der Waals surface area contributed by atoms with E-state index >= 15 is 0 Å². The number of esters is 1. The molecule has 0 bridgehead atoms. The maximum atomic E-state index is 12.1. The fraction of sp³-hybridized carbons (Fsp3) is 0.933. The summed E-state index contributed by atoms with van der Waals surface area (Å²) in [5.74, 6) is -0.165. The molecule has 1 aliphatic heterocycles. The second-order valence-corrected chi connectivity index (χ2v) is 5.87. The summed E-state index contributed by atoms with van der Waals surface area (Å²) >= 11 is 0. The lowest BCUT2D eigenvalue weighted by Gasteiger charge is -2.39. The summed E-state index contributed by atoms with van der Waals surface area (Å²) < 4.78 is 4.98.